The molecule has 0 unspecified atom stereocenters. The zero-order chi connectivity index (χ0) is 18.7. The van der Waals surface area contributed by atoms with Crippen molar-refractivity contribution in [1.29, 1.82) is 0 Å². The summed E-state index contributed by atoms with van der Waals surface area (Å²) in [5, 5.41) is 5.12. The van der Waals surface area contributed by atoms with Gasteiger partial charge < -0.3 is 20.0 Å². The second-order valence-electron chi connectivity index (χ2n) is 6.42. The smallest absolute Gasteiger partial charge is 0.255 e. The van der Waals surface area contributed by atoms with Crippen LogP contribution >= 0.6 is 0 Å². The van der Waals surface area contributed by atoms with E-state index >= 15 is 0 Å². The second-order valence-corrected chi connectivity index (χ2v) is 6.42. The molecule has 3 rings (SSSR count). The highest BCUT2D eigenvalue weighted by atomic mass is 19.1. The van der Waals surface area contributed by atoms with E-state index in [0.29, 0.717) is 28.5 Å². The molecular formula is C19H22FN3O3. The molecule has 7 heteroatoms. The molecule has 1 aromatic carbocycles. The summed E-state index contributed by atoms with van der Waals surface area (Å²) in [5.74, 6) is -0.0431. The SMILES string of the molecule is Cc1cc(C(=O)NCC(=O)Nc2ccc(N3CCCC3)c(F)c2)c(C)o1. The molecule has 0 bridgehead atoms. The van der Waals surface area contributed by atoms with Crippen LogP contribution in [0.1, 0.15) is 34.7 Å². The number of carbonyl (C=O) groups excluding carboxylic acids is 2. The molecule has 1 aliphatic rings. The summed E-state index contributed by atoms with van der Waals surface area (Å²) < 4.78 is 19.6. The van der Waals surface area contributed by atoms with Gasteiger partial charge in [0.25, 0.3) is 5.91 Å². The van der Waals surface area contributed by atoms with Gasteiger partial charge in [-0.25, -0.2) is 4.39 Å². The minimum atomic E-state index is -0.426. The molecule has 0 atom stereocenters. The predicted octanol–water partition coefficient (Wildman–Crippen LogP) is 3.00. The number of halogens is 1. The third-order valence-electron chi connectivity index (χ3n) is 4.37. The van der Waals surface area contributed by atoms with E-state index in [4.69, 9.17) is 4.42 Å². The van der Waals surface area contributed by atoms with E-state index in [0.717, 1.165) is 25.9 Å². The number of rotatable bonds is 5. The molecule has 26 heavy (non-hydrogen) atoms. The van der Waals surface area contributed by atoms with Crippen LogP contribution in [-0.4, -0.2) is 31.4 Å². The lowest BCUT2D eigenvalue weighted by Gasteiger charge is -2.18. The van der Waals surface area contributed by atoms with Gasteiger partial charge in [0.15, 0.2) is 0 Å². The molecule has 0 saturated carbocycles. The number of nitrogens with zero attached hydrogens (tertiary/aromatic N) is 1. The number of benzene rings is 1. The number of aryl methyl sites for hydroxylation is 2. The number of furan rings is 1. The zero-order valence-corrected chi connectivity index (χ0v) is 14.9. The fraction of sp³-hybridized carbons (Fsp3) is 0.368. The van der Waals surface area contributed by atoms with Gasteiger partial charge in [0.2, 0.25) is 5.91 Å². The monoisotopic (exact) mass is 359 g/mol. The first-order valence-corrected chi connectivity index (χ1v) is 8.63. The van der Waals surface area contributed by atoms with Crippen LogP contribution in [0.15, 0.2) is 28.7 Å². The number of anilines is 2. The lowest BCUT2D eigenvalue weighted by atomic mass is 10.2. The standard InChI is InChI=1S/C19H22FN3O3/c1-12-9-15(13(2)26-12)19(25)21-11-18(24)22-14-5-6-17(16(20)10-14)23-7-3-4-8-23/h5-6,9-10H,3-4,7-8,11H2,1-2H3,(H,21,25)(H,22,24). The third kappa shape index (κ3) is 4.04. The molecule has 1 saturated heterocycles. The van der Waals surface area contributed by atoms with Gasteiger partial charge in [0.05, 0.1) is 17.8 Å². The Kier molecular flexibility index (Phi) is 5.25. The van der Waals surface area contributed by atoms with Crippen molar-refractivity contribution in [2.24, 2.45) is 0 Å². The third-order valence-corrected chi connectivity index (χ3v) is 4.37. The van der Waals surface area contributed by atoms with Crippen molar-refractivity contribution in [3.63, 3.8) is 0 Å². The largest absolute Gasteiger partial charge is 0.466 e. The number of amides is 2. The Bertz CT molecular complexity index is 825. The second kappa shape index (κ2) is 7.59. The maximum atomic E-state index is 14.3. The summed E-state index contributed by atoms with van der Waals surface area (Å²) in [4.78, 5) is 26.1. The van der Waals surface area contributed by atoms with E-state index in [1.807, 2.05) is 4.90 Å². The van der Waals surface area contributed by atoms with E-state index in [2.05, 4.69) is 10.6 Å². The van der Waals surface area contributed by atoms with Crippen LogP contribution in [0.2, 0.25) is 0 Å². The van der Waals surface area contributed by atoms with Gasteiger partial charge in [0.1, 0.15) is 17.3 Å². The molecule has 2 heterocycles. The summed E-state index contributed by atoms with van der Waals surface area (Å²) in [7, 11) is 0. The van der Waals surface area contributed by atoms with E-state index in [-0.39, 0.29) is 18.3 Å². The zero-order valence-electron chi connectivity index (χ0n) is 14.9. The molecule has 1 aliphatic heterocycles. The summed E-state index contributed by atoms with van der Waals surface area (Å²) in [6.07, 6.45) is 2.13. The van der Waals surface area contributed by atoms with Crippen molar-refractivity contribution < 1.29 is 18.4 Å². The molecule has 2 aromatic rings. The van der Waals surface area contributed by atoms with Crippen molar-refractivity contribution in [3.05, 3.63) is 47.2 Å². The Labute approximate surface area is 151 Å². The summed E-state index contributed by atoms with van der Waals surface area (Å²) >= 11 is 0. The Hall–Kier alpha value is -2.83. The predicted molar refractivity (Wildman–Crippen MR) is 97.0 cm³/mol. The highest BCUT2D eigenvalue weighted by Gasteiger charge is 2.17. The van der Waals surface area contributed by atoms with Crippen LogP contribution < -0.4 is 15.5 Å². The Balaban J connectivity index is 1.55. The van der Waals surface area contributed by atoms with Crippen molar-refractivity contribution in [1.82, 2.24) is 5.32 Å². The van der Waals surface area contributed by atoms with Gasteiger partial charge in [-0.1, -0.05) is 0 Å². The van der Waals surface area contributed by atoms with Gasteiger partial charge >= 0.3 is 0 Å². The fourth-order valence-electron chi connectivity index (χ4n) is 3.12. The van der Waals surface area contributed by atoms with Gasteiger partial charge in [-0.3, -0.25) is 9.59 Å². The first-order chi connectivity index (χ1) is 12.4. The normalized spacial score (nSPS) is 13.7. The van der Waals surface area contributed by atoms with E-state index in [9.17, 15) is 14.0 Å². The summed E-state index contributed by atoms with van der Waals surface area (Å²) in [5.41, 5.74) is 1.32. The maximum absolute atomic E-state index is 14.3. The summed E-state index contributed by atoms with van der Waals surface area (Å²) in [6.45, 7) is 4.92. The fourth-order valence-corrected chi connectivity index (χ4v) is 3.12. The first kappa shape index (κ1) is 18.0. The Morgan fingerprint density at radius 3 is 2.54 bits per heavy atom. The van der Waals surface area contributed by atoms with Crippen LogP contribution in [0, 0.1) is 19.7 Å². The lowest BCUT2D eigenvalue weighted by Crippen LogP contribution is -2.33. The quantitative estimate of drug-likeness (QED) is 0.861. The number of hydrogen-bond acceptors (Lipinski definition) is 4. The van der Waals surface area contributed by atoms with Crippen molar-refractivity contribution in [2.45, 2.75) is 26.7 Å². The van der Waals surface area contributed by atoms with E-state index < -0.39 is 5.91 Å². The van der Waals surface area contributed by atoms with Gasteiger partial charge in [-0.15, -0.1) is 0 Å². The van der Waals surface area contributed by atoms with Crippen LogP contribution in [-0.2, 0) is 4.79 Å². The molecule has 0 radical (unpaired) electrons. The van der Waals surface area contributed by atoms with Crippen LogP contribution in [0.3, 0.4) is 0 Å². The minimum absolute atomic E-state index is 0.210. The highest BCUT2D eigenvalue weighted by molar-refractivity contribution is 5.99. The van der Waals surface area contributed by atoms with Crippen LogP contribution in [0.5, 0.6) is 0 Å². The lowest BCUT2D eigenvalue weighted by molar-refractivity contribution is -0.115. The molecule has 0 spiro atoms. The molecule has 1 aromatic heterocycles. The van der Waals surface area contributed by atoms with Crippen molar-refractivity contribution in [3.8, 4) is 0 Å². The minimum Gasteiger partial charge on any atom is -0.466 e. The number of nitrogens with one attached hydrogen (secondary N) is 2. The topological polar surface area (TPSA) is 74.6 Å². The van der Waals surface area contributed by atoms with Crippen molar-refractivity contribution >= 4 is 23.2 Å². The first-order valence-electron chi connectivity index (χ1n) is 8.63. The molecule has 6 nitrogen and oxygen atoms in total. The van der Waals surface area contributed by atoms with E-state index in [1.165, 1.54) is 6.07 Å². The average molecular weight is 359 g/mol. The van der Waals surface area contributed by atoms with Crippen LogP contribution in [0.4, 0.5) is 15.8 Å². The summed E-state index contributed by atoms with van der Waals surface area (Å²) in [6, 6.07) is 6.26. The maximum Gasteiger partial charge on any atom is 0.255 e. The average Bonchev–Trinajstić information content (AvgIpc) is 3.22. The molecule has 1 fully saturated rings. The molecular weight excluding hydrogens is 337 g/mol. The molecule has 2 amide bonds. The van der Waals surface area contributed by atoms with Gasteiger partial charge in [0, 0.05) is 18.8 Å². The van der Waals surface area contributed by atoms with E-state index in [1.54, 1.807) is 32.0 Å². The molecule has 0 aliphatic carbocycles. The van der Waals surface area contributed by atoms with Gasteiger partial charge in [-0.2, -0.15) is 0 Å². The highest BCUT2D eigenvalue weighted by Crippen LogP contribution is 2.26. The molecule has 2 N–H and O–H groups in total. The van der Waals surface area contributed by atoms with Crippen LogP contribution in [0.25, 0.3) is 0 Å². The van der Waals surface area contributed by atoms with Gasteiger partial charge in [-0.05, 0) is 51.0 Å². The Morgan fingerprint density at radius 2 is 1.92 bits per heavy atom. The molecule has 138 valence electrons. The number of hydrogen-bond donors (Lipinski definition) is 2. The Morgan fingerprint density at radius 1 is 1.19 bits per heavy atom. The number of carbonyl (C=O) groups is 2. The van der Waals surface area contributed by atoms with Crippen molar-refractivity contribution in [2.75, 3.05) is 29.9 Å².